The number of hydrogen-bond donors (Lipinski definition) is 1. The second kappa shape index (κ2) is 6.72. The van der Waals surface area contributed by atoms with E-state index in [0.717, 1.165) is 17.7 Å². The summed E-state index contributed by atoms with van der Waals surface area (Å²) in [4.78, 5) is 12.1. The number of amides is 1. The van der Waals surface area contributed by atoms with Crippen molar-refractivity contribution in [2.45, 2.75) is 6.18 Å². The van der Waals surface area contributed by atoms with Gasteiger partial charge in [-0.15, -0.1) is 10.2 Å². The van der Waals surface area contributed by atoms with Crippen LogP contribution in [0.4, 0.5) is 18.9 Å². The molecule has 0 spiro atoms. The first-order valence-electron chi connectivity index (χ1n) is 7.31. The number of carbonyl (C=O) groups excluding carboxylic acids is 1. The van der Waals surface area contributed by atoms with Crippen LogP contribution in [0.3, 0.4) is 0 Å². The van der Waals surface area contributed by atoms with Crippen LogP contribution in [0, 0.1) is 0 Å². The number of benzene rings is 2. The topological polar surface area (TPSA) is 54.9 Å². The number of aromatic nitrogens is 2. The molecule has 0 saturated carbocycles. The molecule has 3 rings (SSSR count). The largest absolute Gasteiger partial charge is 0.416 e. The summed E-state index contributed by atoms with van der Waals surface area (Å²) in [5.74, 6) is -0.633. The van der Waals surface area contributed by atoms with Gasteiger partial charge in [-0.1, -0.05) is 36.4 Å². The minimum Gasteiger partial charge on any atom is -0.321 e. The first-order valence-corrected chi connectivity index (χ1v) is 7.31. The lowest BCUT2D eigenvalue weighted by Crippen LogP contribution is -2.15. The minimum absolute atomic E-state index is 0.0112. The summed E-state index contributed by atoms with van der Waals surface area (Å²) in [6.07, 6.45) is -4.47. The van der Waals surface area contributed by atoms with Crippen LogP contribution in [0.15, 0.2) is 66.7 Å². The van der Waals surface area contributed by atoms with Crippen molar-refractivity contribution in [2.75, 3.05) is 5.32 Å². The third-order valence-corrected chi connectivity index (χ3v) is 3.41. The summed E-state index contributed by atoms with van der Waals surface area (Å²) < 4.78 is 38.1. The van der Waals surface area contributed by atoms with Gasteiger partial charge in [0.15, 0.2) is 5.69 Å². The summed E-state index contributed by atoms with van der Waals surface area (Å²) >= 11 is 0. The zero-order valence-electron chi connectivity index (χ0n) is 12.8. The molecule has 25 heavy (non-hydrogen) atoms. The van der Waals surface area contributed by atoms with Gasteiger partial charge in [-0.2, -0.15) is 13.2 Å². The van der Waals surface area contributed by atoms with Crippen LogP contribution < -0.4 is 5.32 Å². The number of hydrogen-bond acceptors (Lipinski definition) is 3. The predicted molar refractivity (Wildman–Crippen MR) is 86.9 cm³/mol. The lowest BCUT2D eigenvalue weighted by Gasteiger charge is -2.09. The van der Waals surface area contributed by atoms with Gasteiger partial charge in [0.1, 0.15) is 0 Å². The van der Waals surface area contributed by atoms with Crippen molar-refractivity contribution in [3.05, 3.63) is 78.0 Å². The van der Waals surface area contributed by atoms with Gasteiger partial charge >= 0.3 is 6.18 Å². The summed E-state index contributed by atoms with van der Waals surface area (Å²) in [5.41, 5.74) is 0.651. The second-order valence-electron chi connectivity index (χ2n) is 5.20. The highest BCUT2D eigenvalue weighted by molar-refractivity contribution is 6.02. The van der Waals surface area contributed by atoms with E-state index < -0.39 is 17.6 Å². The SMILES string of the molecule is O=C(Nc1cccc(C(F)(F)F)c1)c1ccc(-c2ccccc2)nn1. The zero-order chi connectivity index (χ0) is 17.9. The average Bonchev–Trinajstić information content (AvgIpc) is 2.62. The van der Waals surface area contributed by atoms with Crippen molar-refractivity contribution in [1.29, 1.82) is 0 Å². The summed E-state index contributed by atoms with van der Waals surface area (Å²) in [5, 5.41) is 10.2. The number of halogens is 3. The average molecular weight is 343 g/mol. The molecular formula is C18H12F3N3O. The van der Waals surface area contributed by atoms with E-state index in [9.17, 15) is 18.0 Å². The fourth-order valence-electron chi connectivity index (χ4n) is 2.18. The van der Waals surface area contributed by atoms with E-state index in [1.54, 1.807) is 6.07 Å². The van der Waals surface area contributed by atoms with Crippen molar-refractivity contribution in [3.63, 3.8) is 0 Å². The molecule has 0 saturated heterocycles. The standard InChI is InChI=1S/C18H12F3N3O/c19-18(20,21)13-7-4-8-14(11-13)22-17(25)16-10-9-15(23-24-16)12-5-2-1-3-6-12/h1-11H,(H,22,25). The zero-order valence-corrected chi connectivity index (χ0v) is 12.8. The fourth-order valence-corrected chi connectivity index (χ4v) is 2.18. The van der Waals surface area contributed by atoms with Gasteiger partial charge < -0.3 is 5.32 Å². The highest BCUT2D eigenvalue weighted by Gasteiger charge is 2.30. The Bertz CT molecular complexity index is 878. The maximum absolute atomic E-state index is 12.7. The number of alkyl halides is 3. The molecule has 0 fully saturated rings. The minimum atomic E-state index is -4.47. The maximum atomic E-state index is 12.7. The molecule has 2 aromatic carbocycles. The molecule has 3 aromatic rings. The molecule has 1 aromatic heterocycles. The van der Waals surface area contributed by atoms with Crippen LogP contribution in [0.1, 0.15) is 16.1 Å². The number of nitrogens with one attached hydrogen (secondary N) is 1. The van der Waals surface area contributed by atoms with Crippen LogP contribution in [0.2, 0.25) is 0 Å². The molecule has 0 radical (unpaired) electrons. The van der Waals surface area contributed by atoms with Gasteiger partial charge in [-0.3, -0.25) is 4.79 Å². The Morgan fingerprint density at radius 3 is 2.28 bits per heavy atom. The van der Waals surface area contributed by atoms with Crippen LogP contribution in [-0.4, -0.2) is 16.1 Å². The lowest BCUT2D eigenvalue weighted by molar-refractivity contribution is -0.137. The van der Waals surface area contributed by atoms with Gasteiger partial charge in [-0.25, -0.2) is 0 Å². The Balaban J connectivity index is 1.76. The Labute approximate surface area is 141 Å². The van der Waals surface area contributed by atoms with Crippen molar-refractivity contribution in [2.24, 2.45) is 0 Å². The highest BCUT2D eigenvalue weighted by atomic mass is 19.4. The molecule has 1 N–H and O–H groups in total. The van der Waals surface area contributed by atoms with Gasteiger partial charge in [0.2, 0.25) is 0 Å². The van der Waals surface area contributed by atoms with E-state index in [1.807, 2.05) is 30.3 Å². The van der Waals surface area contributed by atoms with Gasteiger partial charge in [-0.05, 0) is 30.3 Å². The molecule has 0 aliphatic rings. The van der Waals surface area contributed by atoms with E-state index in [1.165, 1.54) is 18.2 Å². The molecule has 1 heterocycles. The molecule has 0 aliphatic heterocycles. The Hall–Kier alpha value is -3.22. The quantitative estimate of drug-likeness (QED) is 0.766. The van der Waals surface area contributed by atoms with Crippen LogP contribution in [0.25, 0.3) is 11.3 Å². The molecular weight excluding hydrogens is 331 g/mol. The Morgan fingerprint density at radius 2 is 1.64 bits per heavy atom. The first-order chi connectivity index (χ1) is 11.9. The van der Waals surface area contributed by atoms with Gasteiger partial charge in [0.25, 0.3) is 5.91 Å². The third-order valence-electron chi connectivity index (χ3n) is 3.41. The van der Waals surface area contributed by atoms with Crippen molar-refractivity contribution < 1.29 is 18.0 Å². The van der Waals surface area contributed by atoms with E-state index in [4.69, 9.17) is 0 Å². The fraction of sp³-hybridized carbons (Fsp3) is 0.0556. The van der Waals surface area contributed by atoms with E-state index in [2.05, 4.69) is 15.5 Å². The van der Waals surface area contributed by atoms with Crippen molar-refractivity contribution >= 4 is 11.6 Å². The lowest BCUT2D eigenvalue weighted by atomic mass is 10.1. The normalized spacial score (nSPS) is 11.2. The Kier molecular flexibility index (Phi) is 4.47. The van der Waals surface area contributed by atoms with E-state index in [-0.39, 0.29) is 11.4 Å². The summed E-state index contributed by atoms with van der Waals surface area (Å²) in [7, 11) is 0. The highest BCUT2D eigenvalue weighted by Crippen LogP contribution is 2.30. The molecule has 126 valence electrons. The molecule has 0 bridgehead atoms. The number of anilines is 1. The first kappa shape index (κ1) is 16.6. The van der Waals surface area contributed by atoms with Crippen LogP contribution in [0.5, 0.6) is 0 Å². The maximum Gasteiger partial charge on any atom is 0.416 e. The van der Waals surface area contributed by atoms with Crippen LogP contribution in [-0.2, 0) is 6.18 Å². The summed E-state index contributed by atoms with van der Waals surface area (Å²) in [6.45, 7) is 0. The summed E-state index contributed by atoms with van der Waals surface area (Å²) in [6, 6.07) is 16.8. The second-order valence-corrected chi connectivity index (χ2v) is 5.20. The van der Waals surface area contributed by atoms with E-state index in [0.29, 0.717) is 5.69 Å². The van der Waals surface area contributed by atoms with Gasteiger partial charge in [0, 0.05) is 11.3 Å². The molecule has 0 unspecified atom stereocenters. The molecule has 7 heteroatoms. The van der Waals surface area contributed by atoms with Crippen molar-refractivity contribution in [1.82, 2.24) is 10.2 Å². The molecule has 0 aliphatic carbocycles. The molecule has 1 amide bonds. The van der Waals surface area contributed by atoms with Crippen LogP contribution >= 0.6 is 0 Å². The smallest absolute Gasteiger partial charge is 0.321 e. The monoisotopic (exact) mass is 343 g/mol. The van der Waals surface area contributed by atoms with E-state index >= 15 is 0 Å². The van der Waals surface area contributed by atoms with Crippen molar-refractivity contribution in [3.8, 4) is 11.3 Å². The number of carbonyl (C=O) groups is 1. The number of rotatable bonds is 3. The molecule has 4 nitrogen and oxygen atoms in total. The third kappa shape index (κ3) is 4.00. The Morgan fingerprint density at radius 1 is 0.880 bits per heavy atom. The predicted octanol–water partition coefficient (Wildman–Crippen LogP) is 4.41. The molecule has 0 atom stereocenters. The van der Waals surface area contributed by atoms with Gasteiger partial charge in [0.05, 0.1) is 11.3 Å². The number of nitrogens with zero attached hydrogens (tertiary/aromatic N) is 2.